The summed E-state index contributed by atoms with van der Waals surface area (Å²) in [6, 6.07) is 10.5. The molecule has 2 nitrogen and oxygen atoms in total. The number of allylic oxidation sites excluding steroid dienone is 3. The van der Waals surface area contributed by atoms with Crippen LogP contribution in [-0.4, -0.2) is 20.3 Å². The summed E-state index contributed by atoms with van der Waals surface area (Å²) in [4.78, 5) is 0. The van der Waals surface area contributed by atoms with E-state index in [-0.39, 0.29) is 5.41 Å². The van der Waals surface area contributed by atoms with Crippen LogP contribution in [0, 0.1) is 17.3 Å². The quantitative estimate of drug-likeness (QED) is 0.212. The highest BCUT2D eigenvalue weighted by Gasteiger charge is 2.02. The van der Waals surface area contributed by atoms with E-state index in [1.165, 1.54) is 16.7 Å². The average Bonchev–Trinajstić information content (AvgIpc) is 3.24. The average molecular weight is 423 g/mol. The molecule has 0 N–H and O–H groups in total. The third-order valence-corrected chi connectivity index (χ3v) is 5.03. The zero-order valence-electron chi connectivity index (χ0n) is 18.7. The Balaban J connectivity index is 1.71. The van der Waals surface area contributed by atoms with Gasteiger partial charge in [0.25, 0.3) is 0 Å². The van der Waals surface area contributed by atoms with Crippen LogP contribution >= 0.6 is 11.3 Å². The normalized spacial score (nSPS) is 12.1. The predicted octanol–water partition coefficient (Wildman–Crippen LogP) is 7.53. The van der Waals surface area contributed by atoms with Crippen LogP contribution in [0.3, 0.4) is 0 Å². The largest absolute Gasteiger partial charge is 0.494 e. The third kappa shape index (κ3) is 9.96. The van der Waals surface area contributed by atoms with E-state index >= 15 is 0 Å². The van der Waals surface area contributed by atoms with Crippen LogP contribution in [0.5, 0.6) is 5.75 Å². The molecule has 0 radical (unpaired) electrons. The molecule has 1 heterocycles. The lowest BCUT2D eigenvalue weighted by Gasteiger charge is -2.08. The zero-order chi connectivity index (χ0) is 21.7. The molecule has 0 saturated heterocycles. The van der Waals surface area contributed by atoms with Gasteiger partial charge in [-0.3, -0.25) is 0 Å². The molecule has 0 bridgehead atoms. The molecule has 3 heteroatoms. The lowest BCUT2D eigenvalue weighted by molar-refractivity contribution is 0.224. The first kappa shape index (κ1) is 24.0. The standard InChI is InChI=1S/C27H34O2S/c1-27(2,3)17-9-5-7-12-23(21-28-4)13-8-6-10-18-29-26-15-11-14-24(20-26)25-16-19-30-22-25/h5,7,11,13-16,19-20,22H,6,8,10,12,18,21H2,1-4H3. The number of unbranched alkanes of at least 4 members (excludes halogenated alkanes) is 2. The minimum absolute atomic E-state index is 0.0445. The highest BCUT2D eigenvalue weighted by molar-refractivity contribution is 7.08. The summed E-state index contributed by atoms with van der Waals surface area (Å²) in [6.07, 6.45) is 10.4. The van der Waals surface area contributed by atoms with Gasteiger partial charge < -0.3 is 9.47 Å². The molecule has 0 aliphatic heterocycles. The molecule has 30 heavy (non-hydrogen) atoms. The Morgan fingerprint density at radius 3 is 2.73 bits per heavy atom. The molecular formula is C27H34O2S. The second-order valence-electron chi connectivity index (χ2n) is 8.31. The van der Waals surface area contributed by atoms with E-state index in [2.05, 4.69) is 79.8 Å². The molecule has 0 aliphatic rings. The van der Waals surface area contributed by atoms with Gasteiger partial charge in [-0.1, -0.05) is 36.1 Å². The molecule has 1 aromatic carbocycles. The zero-order valence-corrected chi connectivity index (χ0v) is 19.6. The molecule has 2 aromatic rings. The number of methoxy groups -OCH3 is 1. The second kappa shape index (κ2) is 13.1. The summed E-state index contributed by atoms with van der Waals surface area (Å²) < 4.78 is 11.3. The van der Waals surface area contributed by atoms with E-state index in [9.17, 15) is 0 Å². The van der Waals surface area contributed by atoms with Crippen LogP contribution < -0.4 is 4.74 Å². The minimum atomic E-state index is 0.0445. The van der Waals surface area contributed by atoms with E-state index in [0.29, 0.717) is 6.61 Å². The number of thiophene rings is 1. The number of ether oxygens (including phenoxy) is 2. The van der Waals surface area contributed by atoms with Crippen LogP contribution in [-0.2, 0) is 4.74 Å². The summed E-state index contributed by atoms with van der Waals surface area (Å²) in [5.41, 5.74) is 3.81. The van der Waals surface area contributed by atoms with Crippen LogP contribution in [0.15, 0.2) is 64.9 Å². The minimum Gasteiger partial charge on any atom is -0.494 e. The molecule has 0 spiro atoms. The molecule has 2 rings (SSSR count). The first-order chi connectivity index (χ1) is 14.5. The fourth-order valence-electron chi connectivity index (χ4n) is 2.85. The number of hydrogen-bond donors (Lipinski definition) is 0. The summed E-state index contributed by atoms with van der Waals surface area (Å²) >= 11 is 1.71. The van der Waals surface area contributed by atoms with Crippen molar-refractivity contribution in [1.82, 2.24) is 0 Å². The molecule has 1 aromatic heterocycles. The molecule has 0 saturated carbocycles. The van der Waals surface area contributed by atoms with E-state index in [4.69, 9.17) is 9.47 Å². The fourth-order valence-corrected chi connectivity index (χ4v) is 3.52. The molecule has 0 amide bonds. The van der Waals surface area contributed by atoms with Gasteiger partial charge in [0.15, 0.2) is 0 Å². The lowest BCUT2D eigenvalue weighted by atomic mass is 9.98. The first-order valence-electron chi connectivity index (χ1n) is 10.6. The maximum atomic E-state index is 5.95. The topological polar surface area (TPSA) is 18.5 Å². The van der Waals surface area contributed by atoms with Gasteiger partial charge in [-0.15, -0.1) is 0 Å². The number of benzene rings is 1. The van der Waals surface area contributed by atoms with Crippen molar-refractivity contribution in [2.24, 2.45) is 5.41 Å². The fraction of sp³-hybridized carbons (Fsp3) is 0.407. The van der Waals surface area contributed by atoms with Crippen molar-refractivity contribution in [3.63, 3.8) is 0 Å². The van der Waals surface area contributed by atoms with Gasteiger partial charge in [0.1, 0.15) is 5.75 Å². The van der Waals surface area contributed by atoms with Gasteiger partial charge in [0.2, 0.25) is 0 Å². The van der Waals surface area contributed by atoms with E-state index < -0.39 is 0 Å². The van der Waals surface area contributed by atoms with Crippen LogP contribution in [0.1, 0.15) is 46.5 Å². The molecule has 160 valence electrons. The van der Waals surface area contributed by atoms with E-state index in [1.54, 1.807) is 18.4 Å². The summed E-state index contributed by atoms with van der Waals surface area (Å²) in [7, 11) is 1.75. The second-order valence-corrected chi connectivity index (χ2v) is 9.09. The molecule has 0 unspecified atom stereocenters. The highest BCUT2D eigenvalue weighted by atomic mass is 32.1. The van der Waals surface area contributed by atoms with Crippen molar-refractivity contribution in [3.8, 4) is 28.7 Å². The molecule has 0 atom stereocenters. The van der Waals surface area contributed by atoms with Crippen LogP contribution in [0.2, 0.25) is 0 Å². The van der Waals surface area contributed by atoms with Gasteiger partial charge in [0.05, 0.1) is 13.2 Å². The van der Waals surface area contributed by atoms with Crippen molar-refractivity contribution in [1.29, 1.82) is 0 Å². The Bertz CT molecular complexity index is 858. The van der Waals surface area contributed by atoms with E-state index in [0.717, 1.165) is 38.0 Å². The van der Waals surface area contributed by atoms with Crippen molar-refractivity contribution >= 4 is 11.3 Å². The number of rotatable bonds is 11. The monoisotopic (exact) mass is 422 g/mol. The Labute approximate surface area is 186 Å². The Morgan fingerprint density at radius 1 is 1.13 bits per heavy atom. The maximum Gasteiger partial charge on any atom is 0.119 e. The summed E-state index contributed by atoms with van der Waals surface area (Å²) in [5, 5.41) is 4.26. The van der Waals surface area contributed by atoms with Crippen molar-refractivity contribution in [2.75, 3.05) is 20.3 Å². The van der Waals surface area contributed by atoms with E-state index in [1.807, 2.05) is 12.1 Å². The lowest BCUT2D eigenvalue weighted by Crippen LogP contribution is -1.98. The SMILES string of the molecule is COCC(=CCCCCOc1cccc(-c2ccsc2)c1)CC=CC#CC(C)(C)C. The van der Waals surface area contributed by atoms with Gasteiger partial charge in [-0.25, -0.2) is 0 Å². The van der Waals surface area contributed by atoms with Gasteiger partial charge in [-0.2, -0.15) is 11.3 Å². The Hall–Kier alpha value is -2.28. The predicted molar refractivity (Wildman–Crippen MR) is 130 cm³/mol. The molecular weight excluding hydrogens is 388 g/mol. The van der Waals surface area contributed by atoms with Crippen molar-refractivity contribution in [2.45, 2.75) is 46.5 Å². The van der Waals surface area contributed by atoms with Crippen LogP contribution in [0.25, 0.3) is 11.1 Å². The van der Waals surface area contributed by atoms with Gasteiger partial charge in [0, 0.05) is 12.5 Å². The van der Waals surface area contributed by atoms with Crippen LogP contribution in [0.4, 0.5) is 0 Å². The first-order valence-corrected chi connectivity index (χ1v) is 11.5. The summed E-state index contributed by atoms with van der Waals surface area (Å²) in [6.45, 7) is 7.77. The summed E-state index contributed by atoms with van der Waals surface area (Å²) in [5.74, 6) is 7.28. The Morgan fingerprint density at radius 2 is 2.00 bits per heavy atom. The number of hydrogen-bond acceptors (Lipinski definition) is 3. The molecule has 0 aliphatic carbocycles. The Kier molecular flexibility index (Phi) is 10.5. The molecule has 0 fully saturated rings. The maximum absolute atomic E-state index is 5.95. The van der Waals surface area contributed by atoms with Gasteiger partial charge >= 0.3 is 0 Å². The third-order valence-electron chi connectivity index (χ3n) is 4.35. The van der Waals surface area contributed by atoms with Gasteiger partial charge in [-0.05, 0) is 98.2 Å². The highest BCUT2D eigenvalue weighted by Crippen LogP contribution is 2.25. The van der Waals surface area contributed by atoms with Crippen molar-refractivity contribution < 1.29 is 9.47 Å². The smallest absolute Gasteiger partial charge is 0.119 e. The van der Waals surface area contributed by atoms with Crippen molar-refractivity contribution in [3.05, 3.63) is 64.9 Å².